The average Bonchev–Trinajstić information content (AvgIpc) is 3.16. The van der Waals surface area contributed by atoms with E-state index < -0.39 is 15.8 Å². The summed E-state index contributed by atoms with van der Waals surface area (Å²) in [6, 6.07) is 8.60. The Morgan fingerprint density at radius 1 is 1.16 bits per heavy atom. The Hall–Kier alpha value is -2.98. The van der Waals surface area contributed by atoms with Gasteiger partial charge in [-0.1, -0.05) is 0 Å². The van der Waals surface area contributed by atoms with Crippen molar-refractivity contribution in [3.8, 4) is 11.7 Å². The lowest BCUT2D eigenvalue weighted by Crippen LogP contribution is -2.54. The van der Waals surface area contributed by atoms with Gasteiger partial charge in [0.1, 0.15) is 18.2 Å². The molecule has 32 heavy (non-hydrogen) atoms. The van der Waals surface area contributed by atoms with Crippen LogP contribution in [0.5, 0.6) is 5.88 Å². The molecule has 1 aromatic carbocycles. The third kappa shape index (κ3) is 3.84. The molecule has 10 heteroatoms. The minimum absolute atomic E-state index is 0.0895. The fourth-order valence-electron chi connectivity index (χ4n) is 4.94. The number of sulfone groups is 1. The summed E-state index contributed by atoms with van der Waals surface area (Å²) in [4.78, 5) is 20.4. The summed E-state index contributed by atoms with van der Waals surface area (Å²) in [5.74, 6) is 0.228. The van der Waals surface area contributed by atoms with Crippen LogP contribution < -0.4 is 10.1 Å². The number of rotatable bonds is 5. The topological polar surface area (TPSA) is 123 Å². The molecule has 0 spiro atoms. The van der Waals surface area contributed by atoms with E-state index in [0.717, 1.165) is 24.0 Å². The highest BCUT2D eigenvalue weighted by Crippen LogP contribution is 2.38. The van der Waals surface area contributed by atoms with Crippen molar-refractivity contribution >= 4 is 26.7 Å². The van der Waals surface area contributed by atoms with Crippen LogP contribution in [0.4, 0.5) is 0 Å². The summed E-state index contributed by atoms with van der Waals surface area (Å²) in [5.41, 5.74) is 0.824. The second-order valence-electron chi connectivity index (χ2n) is 8.66. The van der Waals surface area contributed by atoms with Crippen molar-refractivity contribution in [2.45, 2.75) is 23.8 Å². The van der Waals surface area contributed by atoms with E-state index in [2.05, 4.69) is 15.3 Å². The van der Waals surface area contributed by atoms with Crippen molar-refractivity contribution in [1.29, 1.82) is 0 Å². The Bertz CT molecular complexity index is 1270. The first-order chi connectivity index (χ1) is 15.3. The maximum atomic E-state index is 11.8. The van der Waals surface area contributed by atoms with Crippen LogP contribution >= 0.6 is 0 Å². The van der Waals surface area contributed by atoms with Gasteiger partial charge in [0.2, 0.25) is 5.88 Å². The van der Waals surface area contributed by atoms with E-state index in [1.807, 2.05) is 16.8 Å². The minimum atomic E-state index is -3.29. The van der Waals surface area contributed by atoms with E-state index in [1.165, 1.54) is 12.6 Å². The van der Waals surface area contributed by atoms with Crippen molar-refractivity contribution in [1.82, 2.24) is 19.9 Å². The van der Waals surface area contributed by atoms with Crippen LogP contribution in [-0.4, -0.2) is 59.5 Å². The minimum Gasteiger partial charge on any atom is -0.481 e. The van der Waals surface area contributed by atoms with Crippen molar-refractivity contribution in [2.24, 2.45) is 17.8 Å². The molecule has 2 aromatic heterocycles. The smallest absolute Gasteiger partial charge is 0.306 e. The summed E-state index contributed by atoms with van der Waals surface area (Å²) in [6.45, 7) is 1.46. The summed E-state index contributed by atoms with van der Waals surface area (Å²) in [5, 5.41) is 13.6. The number of aromatic nitrogens is 3. The van der Waals surface area contributed by atoms with Crippen molar-refractivity contribution < 1.29 is 23.1 Å². The van der Waals surface area contributed by atoms with E-state index in [0.29, 0.717) is 24.5 Å². The normalized spacial score (nSPS) is 25.5. The molecule has 3 heterocycles. The monoisotopic (exact) mass is 456 g/mol. The quantitative estimate of drug-likeness (QED) is 0.597. The molecule has 1 aliphatic carbocycles. The molecule has 2 N–H and O–H groups in total. The molecule has 5 rings (SSSR count). The zero-order chi connectivity index (χ0) is 22.5. The van der Waals surface area contributed by atoms with E-state index in [1.54, 1.807) is 24.3 Å². The SMILES string of the molecule is CS(=O)(=O)c1ccc2c(ccn2-c2cc(OC3C4CNCC3CC(C(=O)O)C4)ncn2)c1. The van der Waals surface area contributed by atoms with Crippen LogP contribution in [-0.2, 0) is 14.6 Å². The van der Waals surface area contributed by atoms with Gasteiger partial charge in [0, 0.05) is 48.8 Å². The molecule has 2 fully saturated rings. The Labute approximate surface area is 185 Å². The number of carboxylic acid groups (broad SMARTS) is 1. The van der Waals surface area contributed by atoms with Gasteiger partial charge >= 0.3 is 5.97 Å². The lowest BCUT2D eigenvalue weighted by atomic mass is 9.71. The standard InChI is InChI=1S/C22H24N4O5S/c1-32(29,30)17-2-3-18-13(8-17)4-5-26(18)19-9-20(25-12-24-19)31-21-15-6-14(22(27)28)7-16(21)11-23-10-15/h2-5,8-9,12,14-16,21,23H,6-7,10-11H2,1H3,(H,27,28). The highest BCUT2D eigenvalue weighted by molar-refractivity contribution is 7.90. The molecule has 0 amide bonds. The summed E-state index contributed by atoms with van der Waals surface area (Å²) < 4.78 is 31.8. The number of nitrogens with one attached hydrogen (secondary N) is 1. The van der Waals surface area contributed by atoms with Crippen LogP contribution in [0.25, 0.3) is 16.7 Å². The first kappa shape index (κ1) is 20.9. The number of piperidine rings is 1. The third-order valence-electron chi connectivity index (χ3n) is 6.49. The summed E-state index contributed by atoms with van der Waals surface area (Å²) in [7, 11) is -3.29. The molecule has 1 saturated carbocycles. The third-order valence-corrected chi connectivity index (χ3v) is 7.60. The van der Waals surface area contributed by atoms with E-state index in [-0.39, 0.29) is 28.8 Å². The van der Waals surface area contributed by atoms with Crippen LogP contribution in [0.3, 0.4) is 0 Å². The number of benzene rings is 1. The largest absolute Gasteiger partial charge is 0.481 e. The molecule has 168 valence electrons. The molecular formula is C22H24N4O5S. The molecule has 2 aliphatic rings. The highest BCUT2D eigenvalue weighted by Gasteiger charge is 2.44. The predicted octanol–water partition coefficient (Wildman–Crippen LogP) is 1.90. The van der Waals surface area contributed by atoms with Crippen LogP contribution in [0.1, 0.15) is 12.8 Å². The molecule has 2 unspecified atom stereocenters. The number of carboxylic acids is 1. The lowest BCUT2D eigenvalue weighted by Gasteiger charge is -2.44. The van der Waals surface area contributed by atoms with Gasteiger partial charge in [-0.25, -0.2) is 18.4 Å². The van der Waals surface area contributed by atoms with Crippen molar-refractivity contribution in [3.63, 3.8) is 0 Å². The van der Waals surface area contributed by atoms with E-state index in [9.17, 15) is 18.3 Å². The van der Waals surface area contributed by atoms with Gasteiger partial charge in [0.15, 0.2) is 9.84 Å². The van der Waals surface area contributed by atoms with Gasteiger partial charge in [0.05, 0.1) is 16.3 Å². The second-order valence-corrected chi connectivity index (χ2v) is 10.7. The average molecular weight is 457 g/mol. The number of nitrogens with zero attached hydrogens (tertiary/aromatic N) is 3. The summed E-state index contributed by atoms with van der Waals surface area (Å²) in [6.07, 6.45) is 5.55. The summed E-state index contributed by atoms with van der Waals surface area (Å²) >= 11 is 0. The van der Waals surface area contributed by atoms with E-state index in [4.69, 9.17) is 4.74 Å². The second kappa shape index (κ2) is 7.86. The molecule has 1 aliphatic heterocycles. The van der Waals surface area contributed by atoms with Crippen molar-refractivity contribution in [2.75, 3.05) is 19.3 Å². The number of ether oxygens (including phenoxy) is 1. The zero-order valence-corrected chi connectivity index (χ0v) is 18.3. The first-order valence-electron chi connectivity index (χ1n) is 10.5. The molecule has 1 saturated heterocycles. The zero-order valence-electron chi connectivity index (χ0n) is 17.5. The van der Waals surface area contributed by atoms with Gasteiger partial charge in [-0.3, -0.25) is 4.79 Å². The molecular weight excluding hydrogens is 432 g/mol. The molecule has 2 bridgehead atoms. The molecule has 0 radical (unpaired) electrons. The van der Waals surface area contributed by atoms with Crippen LogP contribution in [0.2, 0.25) is 0 Å². The number of hydrogen-bond acceptors (Lipinski definition) is 7. The van der Waals surface area contributed by atoms with Crippen LogP contribution in [0.15, 0.2) is 47.8 Å². The van der Waals surface area contributed by atoms with Gasteiger partial charge in [-0.2, -0.15) is 0 Å². The van der Waals surface area contributed by atoms with Gasteiger partial charge in [-0.05, 0) is 37.1 Å². The van der Waals surface area contributed by atoms with Crippen LogP contribution in [0, 0.1) is 17.8 Å². The van der Waals surface area contributed by atoms with Gasteiger partial charge < -0.3 is 19.7 Å². The fraction of sp³-hybridized carbons (Fsp3) is 0.409. The number of fused-ring (bicyclic) bond motifs is 3. The van der Waals surface area contributed by atoms with Crippen molar-refractivity contribution in [3.05, 3.63) is 42.9 Å². The number of hydrogen-bond donors (Lipinski definition) is 2. The van der Waals surface area contributed by atoms with Gasteiger partial charge in [0.25, 0.3) is 0 Å². The van der Waals surface area contributed by atoms with E-state index >= 15 is 0 Å². The Morgan fingerprint density at radius 3 is 2.59 bits per heavy atom. The molecule has 2 atom stereocenters. The highest BCUT2D eigenvalue weighted by atomic mass is 32.2. The molecule has 3 aromatic rings. The Morgan fingerprint density at radius 2 is 1.91 bits per heavy atom. The maximum absolute atomic E-state index is 11.8. The molecule has 9 nitrogen and oxygen atoms in total. The Kier molecular flexibility index (Phi) is 5.13. The predicted molar refractivity (Wildman–Crippen MR) is 117 cm³/mol. The number of carbonyl (C=O) groups is 1. The Balaban J connectivity index is 1.42. The lowest BCUT2D eigenvalue weighted by molar-refractivity contribution is -0.146. The maximum Gasteiger partial charge on any atom is 0.306 e. The fourth-order valence-corrected chi connectivity index (χ4v) is 5.60. The number of aliphatic carboxylic acids is 1. The van der Waals surface area contributed by atoms with Gasteiger partial charge in [-0.15, -0.1) is 0 Å². The first-order valence-corrected chi connectivity index (χ1v) is 12.4.